The van der Waals surface area contributed by atoms with Gasteiger partial charge >= 0.3 is 5.97 Å². The summed E-state index contributed by atoms with van der Waals surface area (Å²) in [5.74, 6) is -0.214. The fraction of sp³-hybridized carbons (Fsp3) is 0.412. The maximum atomic E-state index is 11.8. The first-order chi connectivity index (χ1) is 10.6. The van der Waals surface area contributed by atoms with Crippen LogP contribution in [0.5, 0.6) is 0 Å². The Labute approximate surface area is 135 Å². The molecule has 2 atom stereocenters. The largest absolute Gasteiger partial charge is 0.465 e. The zero-order valence-electron chi connectivity index (χ0n) is 13.2. The molecule has 5 heteroatoms. The molecule has 4 nitrogen and oxygen atoms in total. The minimum Gasteiger partial charge on any atom is -0.465 e. The highest BCUT2D eigenvalue weighted by molar-refractivity contribution is 7.10. The van der Waals surface area contributed by atoms with Crippen LogP contribution in [0.25, 0.3) is 11.3 Å². The molecule has 0 aliphatic heterocycles. The lowest BCUT2D eigenvalue weighted by Crippen LogP contribution is -2.37. The van der Waals surface area contributed by atoms with Gasteiger partial charge in [0.1, 0.15) is 11.0 Å². The van der Waals surface area contributed by atoms with Crippen molar-refractivity contribution in [3.05, 3.63) is 40.7 Å². The maximum Gasteiger partial charge on any atom is 0.322 e. The molecular weight excluding hydrogens is 296 g/mol. The number of nitrogens with zero attached hydrogens (tertiary/aromatic N) is 1. The molecule has 1 aromatic carbocycles. The van der Waals surface area contributed by atoms with Crippen LogP contribution in [-0.2, 0) is 9.53 Å². The van der Waals surface area contributed by atoms with Gasteiger partial charge in [0, 0.05) is 10.9 Å². The van der Waals surface area contributed by atoms with E-state index in [-0.39, 0.29) is 18.1 Å². The van der Waals surface area contributed by atoms with Crippen LogP contribution in [0, 0.1) is 0 Å². The van der Waals surface area contributed by atoms with E-state index in [1.807, 2.05) is 56.5 Å². The van der Waals surface area contributed by atoms with Gasteiger partial charge in [0.05, 0.1) is 18.3 Å². The zero-order chi connectivity index (χ0) is 15.9. The molecule has 0 bridgehead atoms. The fourth-order valence-electron chi connectivity index (χ4n) is 2.07. The Morgan fingerprint density at radius 3 is 2.73 bits per heavy atom. The predicted molar refractivity (Wildman–Crippen MR) is 89.8 cm³/mol. The molecule has 118 valence electrons. The molecule has 2 unspecified atom stereocenters. The van der Waals surface area contributed by atoms with Gasteiger partial charge in [-0.3, -0.25) is 10.1 Å². The predicted octanol–water partition coefficient (Wildman–Crippen LogP) is 3.80. The molecule has 0 aliphatic rings. The Bertz CT molecular complexity index is 598. The van der Waals surface area contributed by atoms with Crippen molar-refractivity contribution in [2.45, 2.75) is 39.3 Å². The smallest absolute Gasteiger partial charge is 0.322 e. The van der Waals surface area contributed by atoms with Gasteiger partial charge in [0.25, 0.3) is 0 Å². The van der Waals surface area contributed by atoms with Crippen LogP contribution in [-0.4, -0.2) is 23.6 Å². The Hall–Kier alpha value is -1.72. The van der Waals surface area contributed by atoms with E-state index in [9.17, 15) is 4.79 Å². The molecule has 0 amide bonds. The summed E-state index contributed by atoms with van der Waals surface area (Å²) in [5, 5.41) is 6.25. The number of carbonyl (C=O) groups excluding carboxylic acids is 1. The van der Waals surface area contributed by atoms with Gasteiger partial charge in [-0.25, -0.2) is 4.98 Å². The standard InChI is InChI=1S/C17H22N2O2S/c1-4-10-21-17(20)13(3)18-12(2)16-19-15(11-22-16)14-8-6-5-7-9-14/h5-9,11-13,18H,4,10H2,1-3H3. The molecule has 2 aromatic rings. The van der Waals surface area contributed by atoms with Crippen LogP contribution >= 0.6 is 11.3 Å². The lowest BCUT2D eigenvalue weighted by molar-refractivity contribution is -0.145. The van der Waals surface area contributed by atoms with Crippen LogP contribution < -0.4 is 5.32 Å². The van der Waals surface area contributed by atoms with Crippen molar-refractivity contribution in [3.8, 4) is 11.3 Å². The molecule has 0 radical (unpaired) electrons. The highest BCUT2D eigenvalue weighted by Crippen LogP contribution is 2.25. The summed E-state index contributed by atoms with van der Waals surface area (Å²) >= 11 is 1.60. The van der Waals surface area contributed by atoms with Crippen molar-refractivity contribution >= 4 is 17.3 Å². The minimum atomic E-state index is -0.342. The zero-order valence-corrected chi connectivity index (χ0v) is 14.0. The summed E-state index contributed by atoms with van der Waals surface area (Å²) in [6.45, 7) is 6.28. The van der Waals surface area contributed by atoms with Crippen molar-refractivity contribution in [2.24, 2.45) is 0 Å². The highest BCUT2D eigenvalue weighted by atomic mass is 32.1. The average molecular weight is 318 g/mol. The number of rotatable bonds is 7. The molecule has 0 fully saturated rings. The topological polar surface area (TPSA) is 51.2 Å². The lowest BCUT2D eigenvalue weighted by atomic mass is 10.2. The Morgan fingerprint density at radius 1 is 1.32 bits per heavy atom. The lowest BCUT2D eigenvalue weighted by Gasteiger charge is -2.17. The number of aromatic nitrogens is 1. The van der Waals surface area contributed by atoms with Crippen LogP contribution in [0.3, 0.4) is 0 Å². The van der Waals surface area contributed by atoms with E-state index in [1.54, 1.807) is 11.3 Å². The summed E-state index contributed by atoms with van der Waals surface area (Å²) in [7, 11) is 0. The van der Waals surface area contributed by atoms with Crippen molar-refractivity contribution in [3.63, 3.8) is 0 Å². The normalized spacial score (nSPS) is 13.6. The summed E-state index contributed by atoms with van der Waals surface area (Å²) in [6, 6.07) is 9.75. The van der Waals surface area contributed by atoms with E-state index in [0.717, 1.165) is 22.7 Å². The number of benzene rings is 1. The fourth-order valence-corrected chi connectivity index (χ4v) is 2.91. The molecule has 1 aromatic heterocycles. The number of esters is 1. The first-order valence-electron chi connectivity index (χ1n) is 7.55. The van der Waals surface area contributed by atoms with Crippen LogP contribution in [0.1, 0.15) is 38.2 Å². The second-order valence-corrected chi connectivity index (χ2v) is 6.10. The Morgan fingerprint density at radius 2 is 2.05 bits per heavy atom. The molecule has 0 saturated carbocycles. The molecule has 2 rings (SSSR count). The van der Waals surface area contributed by atoms with Crippen molar-refractivity contribution in [1.82, 2.24) is 10.3 Å². The van der Waals surface area contributed by atoms with Gasteiger partial charge < -0.3 is 4.74 Å². The van der Waals surface area contributed by atoms with Crippen LogP contribution in [0.15, 0.2) is 35.7 Å². The van der Waals surface area contributed by atoms with E-state index in [0.29, 0.717) is 6.61 Å². The molecule has 1 heterocycles. The Balaban J connectivity index is 1.97. The third-order valence-electron chi connectivity index (χ3n) is 3.26. The molecule has 0 saturated heterocycles. The van der Waals surface area contributed by atoms with Crippen molar-refractivity contribution < 1.29 is 9.53 Å². The average Bonchev–Trinajstić information content (AvgIpc) is 3.03. The van der Waals surface area contributed by atoms with Crippen LogP contribution in [0.2, 0.25) is 0 Å². The van der Waals surface area contributed by atoms with E-state index in [4.69, 9.17) is 4.74 Å². The number of hydrogen-bond donors (Lipinski definition) is 1. The van der Waals surface area contributed by atoms with Crippen molar-refractivity contribution in [1.29, 1.82) is 0 Å². The van der Waals surface area contributed by atoms with Gasteiger partial charge in [0.15, 0.2) is 0 Å². The van der Waals surface area contributed by atoms with E-state index >= 15 is 0 Å². The third-order valence-corrected chi connectivity index (χ3v) is 4.29. The number of hydrogen-bond acceptors (Lipinski definition) is 5. The number of thiazole rings is 1. The third kappa shape index (κ3) is 4.39. The van der Waals surface area contributed by atoms with Gasteiger partial charge in [0.2, 0.25) is 0 Å². The summed E-state index contributed by atoms with van der Waals surface area (Å²) in [4.78, 5) is 16.5. The molecule has 22 heavy (non-hydrogen) atoms. The monoisotopic (exact) mass is 318 g/mol. The Kier molecular flexibility index (Phi) is 6.10. The summed E-state index contributed by atoms with van der Waals surface area (Å²) in [5.41, 5.74) is 2.07. The van der Waals surface area contributed by atoms with E-state index < -0.39 is 0 Å². The van der Waals surface area contributed by atoms with Gasteiger partial charge in [-0.1, -0.05) is 37.3 Å². The maximum absolute atomic E-state index is 11.8. The van der Waals surface area contributed by atoms with Crippen molar-refractivity contribution in [2.75, 3.05) is 6.61 Å². The van der Waals surface area contributed by atoms with Gasteiger partial charge in [-0.05, 0) is 20.3 Å². The van der Waals surface area contributed by atoms with Gasteiger partial charge in [-0.15, -0.1) is 11.3 Å². The molecule has 1 N–H and O–H groups in total. The SMILES string of the molecule is CCCOC(=O)C(C)NC(C)c1nc(-c2ccccc2)cs1. The van der Waals surface area contributed by atoms with Gasteiger partial charge in [-0.2, -0.15) is 0 Å². The number of ether oxygens (including phenoxy) is 1. The molecule has 0 aliphatic carbocycles. The molecular formula is C17H22N2O2S. The van der Waals surface area contributed by atoms with E-state index in [2.05, 4.69) is 10.3 Å². The van der Waals surface area contributed by atoms with E-state index in [1.165, 1.54) is 0 Å². The molecule has 0 spiro atoms. The quantitative estimate of drug-likeness (QED) is 0.789. The number of nitrogens with one attached hydrogen (secondary N) is 1. The summed E-state index contributed by atoms with van der Waals surface area (Å²) < 4.78 is 5.15. The number of carbonyl (C=O) groups is 1. The highest BCUT2D eigenvalue weighted by Gasteiger charge is 2.19. The second-order valence-electron chi connectivity index (χ2n) is 5.21. The first-order valence-corrected chi connectivity index (χ1v) is 8.43. The second kappa shape index (κ2) is 8.06. The first kappa shape index (κ1) is 16.6. The van der Waals surface area contributed by atoms with Crippen LogP contribution in [0.4, 0.5) is 0 Å². The summed E-state index contributed by atoms with van der Waals surface area (Å²) in [6.07, 6.45) is 0.834. The minimum absolute atomic E-state index is 0.00615.